The third-order valence-corrected chi connectivity index (χ3v) is 4.44. The van der Waals surface area contributed by atoms with E-state index in [0.29, 0.717) is 60.9 Å². The molecule has 2 aliphatic heterocycles. The third kappa shape index (κ3) is 3.51. The fraction of sp³-hybridized carbons (Fsp3) is 0.316. The molecular weight excluding hydrogens is 363 g/mol. The van der Waals surface area contributed by atoms with Gasteiger partial charge < -0.3 is 19.1 Å². The molecule has 4 rings (SSSR count). The minimum Gasteiger partial charge on any atom is -0.486 e. The number of nitrogens with zero attached hydrogens (tertiary/aromatic N) is 1. The molecule has 8 heteroatoms. The smallest absolute Gasteiger partial charge is 0.486 e. The first-order valence-corrected chi connectivity index (χ1v) is 8.51. The normalized spacial score (nSPS) is 15.9. The van der Waals surface area contributed by atoms with Crippen LogP contribution in [0.1, 0.15) is 22.3 Å². The van der Waals surface area contributed by atoms with E-state index in [1.807, 2.05) is 0 Å². The molecule has 5 nitrogen and oxygen atoms in total. The number of ether oxygens (including phenoxy) is 3. The lowest BCUT2D eigenvalue weighted by Gasteiger charge is -2.31. The average molecular weight is 379 g/mol. The molecule has 0 aliphatic carbocycles. The van der Waals surface area contributed by atoms with Gasteiger partial charge in [0.1, 0.15) is 19.0 Å². The number of amides is 1. The van der Waals surface area contributed by atoms with Gasteiger partial charge >= 0.3 is 6.36 Å². The number of para-hydroxylation sites is 1. The van der Waals surface area contributed by atoms with E-state index in [9.17, 15) is 18.0 Å². The zero-order chi connectivity index (χ0) is 19.0. The van der Waals surface area contributed by atoms with Crippen molar-refractivity contribution in [3.05, 3.63) is 47.5 Å². The molecule has 0 spiro atoms. The van der Waals surface area contributed by atoms with Crippen molar-refractivity contribution in [1.29, 1.82) is 0 Å². The molecule has 2 aromatic rings. The van der Waals surface area contributed by atoms with E-state index in [1.165, 1.54) is 18.2 Å². The highest BCUT2D eigenvalue weighted by Crippen LogP contribution is 2.37. The van der Waals surface area contributed by atoms with Crippen molar-refractivity contribution in [2.24, 2.45) is 0 Å². The summed E-state index contributed by atoms with van der Waals surface area (Å²) in [4.78, 5) is 14.7. The molecular formula is C19H16F3NO4. The van der Waals surface area contributed by atoms with E-state index >= 15 is 0 Å². The van der Waals surface area contributed by atoms with Crippen LogP contribution in [0, 0.1) is 0 Å². The highest BCUT2D eigenvalue weighted by molar-refractivity contribution is 6.09. The lowest BCUT2D eigenvalue weighted by Crippen LogP contribution is -2.36. The summed E-state index contributed by atoms with van der Waals surface area (Å²) in [6.45, 7) is 1.24. The van der Waals surface area contributed by atoms with Gasteiger partial charge in [-0.2, -0.15) is 0 Å². The minimum absolute atomic E-state index is 0.275. The fourth-order valence-electron chi connectivity index (χ4n) is 3.37. The van der Waals surface area contributed by atoms with Crippen LogP contribution >= 0.6 is 0 Å². The van der Waals surface area contributed by atoms with Crippen LogP contribution < -0.4 is 19.1 Å². The number of benzene rings is 2. The van der Waals surface area contributed by atoms with Gasteiger partial charge in [-0.3, -0.25) is 4.79 Å². The Morgan fingerprint density at radius 3 is 2.74 bits per heavy atom. The van der Waals surface area contributed by atoms with Crippen molar-refractivity contribution >= 4 is 11.6 Å². The highest BCUT2D eigenvalue weighted by atomic mass is 19.4. The number of alkyl halides is 3. The van der Waals surface area contributed by atoms with E-state index < -0.39 is 6.36 Å². The summed E-state index contributed by atoms with van der Waals surface area (Å²) in [6, 6.07) is 9.15. The van der Waals surface area contributed by atoms with Gasteiger partial charge in [-0.15, -0.1) is 13.2 Å². The van der Waals surface area contributed by atoms with Gasteiger partial charge in [0.05, 0.1) is 5.56 Å². The lowest BCUT2D eigenvalue weighted by molar-refractivity contribution is -0.274. The number of aryl methyl sites for hydroxylation is 1. The Morgan fingerprint density at radius 1 is 1.11 bits per heavy atom. The van der Waals surface area contributed by atoms with Crippen molar-refractivity contribution in [3.8, 4) is 17.2 Å². The van der Waals surface area contributed by atoms with Crippen molar-refractivity contribution in [2.45, 2.75) is 19.2 Å². The fourth-order valence-corrected chi connectivity index (χ4v) is 3.37. The van der Waals surface area contributed by atoms with Gasteiger partial charge in [-0.1, -0.05) is 6.07 Å². The van der Waals surface area contributed by atoms with Crippen molar-refractivity contribution < 1.29 is 32.2 Å². The molecule has 0 fully saturated rings. The van der Waals surface area contributed by atoms with Gasteiger partial charge in [0, 0.05) is 12.2 Å². The molecule has 2 aromatic carbocycles. The first-order chi connectivity index (χ1) is 12.9. The van der Waals surface area contributed by atoms with Gasteiger partial charge in [0.15, 0.2) is 11.5 Å². The molecule has 0 aromatic heterocycles. The number of anilines is 1. The molecule has 0 radical (unpaired) electrons. The summed E-state index contributed by atoms with van der Waals surface area (Å²) >= 11 is 0. The van der Waals surface area contributed by atoms with Gasteiger partial charge in [0.25, 0.3) is 5.91 Å². The van der Waals surface area contributed by atoms with Crippen LogP contribution in [-0.2, 0) is 6.42 Å². The minimum atomic E-state index is -4.75. The van der Waals surface area contributed by atoms with Crippen molar-refractivity contribution in [1.82, 2.24) is 0 Å². The molecule has 0 unspecified atom stereocenters. The maximum absolute atomic E-state index is 13.1. The first kappa shape index (κ1) is 17.5. The Balaban J connectivity index is 1.66. The molecule has 0 atom stereocenters. The molecule has 2 aliphatic rings. The van der Waals surface area contributed by atoms with Crippen LogP contribution in [0.15, 0.2) is 36.4 Å². The summed E-state index contributed by atoms with van der Waals surface area (Å²) in [7, 11) is 0. The standard InChI is InChI=1S/C19H16F3NO4/c20-19(21,22)27-13-6-7-15-12(11-13)3-2-8-23(15)18(24)14-4-1-5-16-17(14)26-10-9-25-16/h1,4-7,11H,2-3,8-10H2. The Labute approximate surface area is 153 Å². The van der Waals surface area contributed by atoms with Crippen LogP contribution in [-0.4, -0.2) is 32.0 Å². The van der Waals surface area contributed by atoms with Gasteiger partial charge in [-0.25, -0.2) is 0 Å². The second-order valence-corrected chi connectivity index (χ2v) is 6.23. The van der Waals surface area contributed by atoms with E-state index in [1.54, 1.807) is 23.1 Å². The van der Waals surface area contributed by atoms with Crippen LogP contribution in [0.4, 0.5) is 18.9 Å². The SMILES string of the molecule is O=C(c1cccc2c1OCCO2)N1CCCc2cc(OC(F)(F)F)ccc21. The Hall–Kier alpha value is -2.90. The zero-order valence-electron chi connectivity index (χ0n) is 14.2. The first-order valence-electron chi connectivity index (χ1n) is 8.51. The molecule has 0 N–H and O–H groups in total. The topological polar surface area (TPSA) is 48.0 Å². The highest BCUT2D eigenvalue weighted by Gasteiger charge is 2.32. The van der Waals surface area contributed by atoms with Crippen LogP contribution in [0.5, 0.6) is 17.2 Å². The van der Waals surface area contributed by atoms with Crippen molar-refractivity contribution in [3.63, 3.8) is 0 Å². The van der Waals surface area contributed by atoms with E-state index in [2.05, 4.69) is 4.74 Å². The summed E-state index contributed by atoms with van der Waals surface area (Å²) in [5.74, 6) is 0.350. The number of hydrogen-bond donors (Lipinski definition) is 0. The number of fused-ring (bicyclic) bond motifs is 2. The zero-order valence-corrected chi connectivity index (χ0v) is 14.2. The van der Waals surface area contributed by atoms with Crippen LogP contribution in [0.2, 0.25) is 0 Å². The summed E-state index contributed by atoms with van der Waals surface area (Å²) in [6.07, 6.45) is -3.54. The molecule has 27 heavy (non-hydrogen) atoms. The van der Waals surface area contributed by atoms with Crippen LogP contribution in [0.3, 0.4) is 0 Å². The quantitative estimate of drug-likeness (QED) is 0.793. The maximum Gasteiger partial charge on any atom is 0.573 e. The van der Waals surface area contributed by atoms with Gasteiger partial charge in [-0.05, 0) is 48.7 Å². The Morgan fingerprint density at radius 2 is 1.93 bits per heavy atom. The second kappa shape index (κ2) is 6.68. The number of hydrogen-bond acceptors (Lipinski definition) is 4. The van der Waals surface area contributed by atoms with E-state index in [0.717, 1.165) is 0 Å². The maximum atomic E-state index is 13.1. The van der Waals surface area contributed by atoms with Crippen molar-refractivity contribution in [2.75, 3.05) is 24.7 Å². The number of carbonyl (C=O) groups excluding carboxylic acids is 1. The largest absolute Gasteiger partial charge is 0.573 e. The molecule has 0 saturated heterocycles. The van der Waals surface area contributed by atoms with E-state index in [-0.39, 0.29) is 11.7 Å². The predicted molar refractivity (Wildman–Crippen MR) is 90.6 cm³/mol. The summed E-state index contributed by atoms with van der Waals surface area (Å²) in [5, 5.41) is 0. The molecule has 142 valence electrons. The second-order valence-electron chi connectivity index (χ2n) is 6.23. The number of halogens is 3. The molecule has 1 amide bonds. The van der Waals surface area contributed by atoms with Crippen LogP contribution in [0.25, 0.3) is 0 Å². The lowest BCUT2D eigenvalue weighted by atomic mass is 10.00. The van der Waals surface area contributed by atoms with E-state index in [4.69, 9.17) is 9.47 Å². The summed E-state index contributed by atoms with van der Waals surface area (Å²) in [5.41, 5.74) is 1.59. The average Bonchev–Trinajstić information content (AvgIpc) is 2.65. The molecule has 2 heterocycles. The summed E-state index contributed by atoms with van der Waals surface area (Å²) < 4.78 is 52.5. The predicted octanol–water partition coefficient (Wildman–Crippen LogP) is 3.95. The molecule has 0 saturated carbocycles. The monoisotopic (exact) mass is 379 g/mol. The van der Waals surface area contributed by atoms with Gasteiger partial charge in [0.2, 0.25) is 0 Å². The number of carbonyl (C=O) groups is 1. The third-order valence-electron chi connectivity index (χ3n) is 4.44. The molecule has 0 bridgehead atoms. The Bertz CT molecular complexity index is 882. The Kier molecular flexibility index (Phi) is 4.33. The number of rotatable bonds is 2.